The van der Waals surface area contributed by atoms with E-state index < -0.39 is 0 Å². The summed E-state index contributed by atoms with van der Waals surface area (Å²) < 4.78 is 6.19. The standard InChI is InChI=1S/C14H9BrClNO/c1-18-9-3-5-11-13(7-9)17-12-6-8(15)2-4-10(12)14(11)16/h2-7H,1H3. The summed E-state index contributed by atoms with van der Waals surface area (Å²) in [6.45, 7) is 0. The molecule has 0 radical (unpaired) electrons. The zero-order valence-electron chi connectivity index (χ0n) is 9.58. The third-order valence-corrected chi connectivity index (χ3v) is 3.78. The largest absolute Gasteiger partial charge is 0.497 e. The van der Waals surface area contributed by atoms with Gasteiger partial charge in [0.25, 0.3) is 0 Å². The van der Waals surface area contributed by atoms with Gasteiger partial charge in [0.15, 0.2) is 0 Å². The van der Waals surface area contributed by atoms with E-state index in [0.717, 1.165) is 37.1 Å². The molecule has 0 saturated carbocycles. The lowest BCUT2D eigenvalue weighted by molar-refractivity contribution is 0.415. The van der Waals surface area contributed by atoms with Crippen LogP contribution >= 0.6 is 27.5 Å². The fourth-order valence-electron chi connectivity index (χ4n) is 1.97. The molecule has 18 heavy (non-hydrogen) atoms. The highest BCUT2D eigenvalue weighted by atomic mass is 79.9. The average Bonchev–Trinajstić information content (AvgIpc) is 2.38. The predicted octanol–water partition coefficient (Wildman–Crippen LogP) is 4.81. The summed E-state index contributed by atoms with van der Waals surface area (Å²) in [5, 5.41) is 2.62. The van der Waals surface area contributed by atoms with Gasteiger partial charge in [0.2, 0.25) is 0 Å². The summed E-state index contributed by atoms with van der Waals surface area (Å²) in [4.78, 5) is 4.61. The Bertz CT molecular complexity index is 757. The van der Waals surface area contributed by atoms with E-state index in [2.05, 4.69) is 20.9 Å². The Balaban J connectivity index is 2.44. The third-order valence-electron chi connectivity index (χ3n) is 2.88. The Morgan fingerprint density at radius 2 is 1.72 bits per heavy atom. The number of fused-ring (bicyclic) bond motifs is 2. The third kappa shape index (κ3) is 1.84. The molecule has 0 saturated heterocycles. The summed E-state index contributed by atoms with van der Waals surface area (Å²) in [5.41, 5.74) is 1.71. The van der Waals surface area contributed by atoms with Crippen LogP contribution in [-0.4, -0.2) is 12.1 Å². The molecule has 1 aromatic heterocycles. The van der Waals surface area contributed by atoms with E-state index in [9.17, 15) is 0 Å². The molecule has 4 heteroatoms. The molecule has 1 heterocycles. The van der Waals surface area contributed by atoms with Crippen LogP contribution in [0.25, 0.3) is 21.8 Å². The van der Waals surface area contributed by atoms with Gasteiger partial charge >= 0.3 is 0 Å². The van der Waals surface area contributed by atoms with E-state index in [1.54, 1.807) is 7.11 Å². The number of aromatic nitrogens is 1. The van der Waals surface area contributed by atoms with Crippen molar-refractivity contribution in [3.05, 3.63) is 45.9 Å². The van der Waals surface area contributed by atoms with Crippen LogP contribution in [0.3, 0.4) is 0 Å². The van der Waals surface area contributed by atoms with Crippen molar-refractivity contribution in [1.82, 2.24) is 4.98 Å². The quantitative estimate of drug-likeness (QED) is 0.600. The van der Waals surface area contributed by atoms with Gasteiger partial charge in [0.05, 0.1) is 23.2 Å². The first-order valence-electron chi connectivity index (χ1n) is 5.41. The van der Waals surface area contributed by atoms with E-state index >= 15 is 0 Å². The van der Waals surface area contributed by atoms with Crippen LogP contribution in [0.2, 0.25) is 5.02 Å². The Hall–Kier alpha value is -1.32. The molecule has 0 aliphatic rings. The Morgan fingerprint density at radius 3 is 2.44 bits per heavy atom. The maximum absolute atomic E-state index is 6.43. The fourth-order valence-corrected chi connectivity index (χ4v) is 2.64. The van der Waals surface area contributed by atoms with Gasteiger partial charge in [0.1, 0.15) is 5.75 Å². The monoisotopic (exact) mass is 321 g/mol. The van der Waals surface area contributed by atoms with Crippen LogP contribution in [0.5, 0.6) is 5.75 Å². The molecule has 0 spiro atoms. The Kier molecular flexibility index (Phi) is 2.88. The predicted molar refractivity (Wildman–Crippen MR) is 78.5 cm³/mol. The minimum absolute atomic E-state index is 0.727. The van der Waals surface area contributed by atoms with E-state index in [0.29, 0.717) is 0 Å². The van der Waals surface area contributed by atoms with Crippen LogP contribution in [-0.2, 0) is 0 Å². The van der Waals surface area contributed by atoms with E-state index in [1.165, 1.54) is 0 Å². The molecule has 0 amide bonds. The number of halogens is 2. The van der Waals surface area contributed by atoms with Crippen LogP contribution in [0.1, 0.15) is 0 Å². The molecule has 0 bridgehead atoms. The highest BCUT2D eigenvalue weighted by molar-refractivity contribution is 9.10. The molecular formula is C14H9BrClNO. The number of nitrogens with zero attached hydrogens (tertiary/aromatic N) is 1. The lowest BCUT2D eigenvalue weighted by atomic mass is 10.1. The van der Waals surface area contributed by atoms with Gasteiger partial charge in [0, 0.05) is 21.3 Å². The second-order valence-electron chi connectivity index (χ2n) is 3.97. The Morgan fingerprint density at radius 1 is 1.06 bits per heavy atom. The molecule has 0 fully saturated rings. The maximum atomic E-state index is 6.43. The van der Waals surface area contributed by atoms with Crippen LogP contribution < -0.4 is 4.74 Å². The molecule has 3 aromatic rings. The number of hydrogen-bond donors (Lipinski definition) is 0. The zero-order chi connectivity index (χ0) is 12.7. The van der Waals surface area contributed by atoms with Gasteiger partial charge in [-0.2, -0.15) is 0 Å². The molecular weight excluding hydrogens is 314 g/mol. The number of rotatable bonds is 1. The SMILES string of the molecule is COc1ccc2c(Cl)c3ccc(Br)cc3nc2c1. The minimum atomic E-state index is 0.727. The maximum Gasteiger partial charge on any atom is 0.121 e. The van der Waals surface area contributed by atoms with Crippen LogP contribution in [0.15, 0.2) is 40.9 Å². The van der Waals surface area contributed by atoms with Gasteiger partial charge in [-0.3, -0.25) is 0 Å². The lowest BCUT2D eigenvalue weighted by Crippen LogP contribution is -1.87. The van der Waals surface area contributed by atoms with E-state index in [-0.39, 0.29) is 0 Å². The molecule has 2 aromatic carbocycles. The van der Waals surface area contributed by atoms with Crippen molar-refractivity contribution >= 4 is 49.3 Å². The van der Waals surface area contributed by atoms with Crippen LogP contribution in [0.4, 0.5) is 0 Å². The van der Waals surface area contributed by atoms with Gasteiger partial charge in [-0.1, -0.05) is 33.6 Å². The summed E-state index contributed by atoms with van der Waals surface area (Å²) >= 11 is 9.87. The minimum Gasteiger partial charge on any atom is -0.497 e. The fraction of sp³-hybridized carbons (Fsp3) is 0.0714. The van der Waals surface area contributed by atoms with Crippen molar-refractivity contribution in [2.45, 2.75) is 0 Å². The average molecular weight is 323 g/mol. The van der Waals surface area contributed by atoms with Crippen molar-refractivity contribution in [1.29, 1.82) is 0 Å². The van der Waals surface area contributed by atoms with E-state index in [1.807, 2.05) is 36.4 Å². The molecule has 0 N–H and O–H groups in total. The summed E-state index contributed by atoms with van der Waals surface area (Å²) in [5.74, 6) is 0.778. The lowest BCUT2D eigenvalue weighted by Gasteiger charge is -2.07. The number of methoxy groups -OCH3 is 1. The molecule has 90 valence electrons. The van der Waals surface area contributed by atoms with Crippen LogP contribution in [0, 0.1) is 0 Å². The molecule has 0 unspecified atom stereocenters. The molecule has 2 nitrogen and oxygen atoms in total. The first kappa shape index (κ1) is 11.8. The second kappa shape index (κ2) is 4.41. The van der Waals surface area contributed by atoms with Crippen molar-refractivity contribution in [3.63, 3.8) is 0 Å². The number of benzene rings is 2. The molecule has 0 aliphatic heterocycles. The first-order chi connectivity index (χ1) is 8.69. The summed E-state index contributed by atoms with van der Waals surface area (Å²) in [6.07, 6.45) is 0. The molecule has 0 aliphatic carbocycles. The highest BCUT2D eigenvalue weighted by Crippen LogP contribution is 2.33. The first-order valence-corrected chi connectivity index (χ1v) is 6.58. The van der Waals surface area contributed by atoms with Crippen molar-refractivity contribution < 1.29 is 4.74 Å². The zero-order valence-corrected chi connectivity index (χ0v) is 11.9. The van der Waals surface area contributed by atoms with Gasteiger partial charge in [-0.25, -0.2) is 4.98 Å². The Labute approximate surface area is 118 Å². The van der Waals surface area contributed by atoms with Crippen molar-refractivity contribution in [3.8, 4) is 5.75 Å². The number of hydrogen-bond acceptors (Lipinski definition) is 2. The topological polar surface area (TPSA) is 22.1 Å². The highest BCUT2D eigenvalue weighted by Gasteiger charge is 2.08. The van der Waals surface area contributed by atoms with E-state index in [4.69, 9.17) is 16.3 Å². The van der Waals surface area contributed by atoms with Crippen molar-refractivity contribution in [2.24, 2.45) is 0 Å². The smallest absolute Gasteiger partial charge is 0.121 e. The number of ether oxygens (including phenoxy) is 1. The number of pyridine rings is 1. The summed E-state index contributed by atoms with van der Waals surface area (Å²) in [6, 6.07) is 11.6. The van der Waals surface area contributed by atoms with Crippen molar-refractivity contribution in [2.75, 3.05) is 7.11 Å². The summed E-state index contributed by atoms with van der Waals surface area (Å²) in [7, 11) is 1.64. The van der Waals surface area contributed by atoms with Gasteiger partial charge in [-0.15, -0.1) is 0 Å². The molecule has 0 atom stereocenters. The molecule has 3 rings (SSSR count). The normalized spacial score (nSPS) is 11.1. The van der Waals surface area contributed by atoms with Gasteiger partial charge in [-0.05, 0) is 24.3 Å². The van der Waals surface area contributed by atoms with Gasteiger partial charge < -0.3 is 4.74 Å². The second-order valence-corrected chi connectivity index (χ2v) is 5.26.